The van der Waals surface area contributed by atoms with Crippen LogP contribution in [0.4, 0.5) is 4.39 Å². The zero-order valence-corrected chi connectivity index (χ0v) is 14.1. The normalized spacial score (nSPS) is 12.2. The van der Waals surface area contributed by atoms with Gasteiger partial charge in [0.2, 0.25) is 0 Å². The van der Waals surface area contributed by atoms with Gasteiger partial charge in [0, 0.05) is 12.1 Å². The lowest BCUT2D eigenvalue weighted by Crippen LogP contribution is -2.17. The van der Waals surface area contributed by atoms with E-state index in [1.54, 1.807) is 12.1 Å². The van der Waals surface area contributed by atoms with Gasteiger partial charge in [-0.1, -0.05) is 24.6 Å². The van der Waals surface area contributed by atoms with Crippen LogP contribution < -0.4 is 10.1 Å². The van der Waals surface area contributed by atoms with Crippen LogP contribution >= 0.6 is 27.5 Å². The number of ether oxygens (including phenoxy) is 1. The second-order valence-corrected chi connectivity index (χ2v) is 5.91. The van der Waals surface area contributed by atoms with Gasteiger partial charge in [-0.2, -0.15) is 0 Å². The van der Waals surface area contributed by atoms with Gasteiger partial charge in [0.15, 0.2) is 0 Å². The first-order valence-corrected chi connectivity index (χ1v) is 7.84. The summed E-state index contributed by atoms with van der Waals surface area (Å²) < 4.78 is 19.6. The molecular weight excluding hydrogens is 357 g/mol. The molecule has 0 heterocycles. The van der Waals surface area contributed by atoms with E-state index in [2.05, 4.69) is 35.1 Å². The summed E-state index contributed by atoms with van der Waals surface area (Å²) in [6, 6.07) is 10.1. The van der Waals surface area contributed by atoms with E-state index in [0.717, 1.165) is 12.1 Å². The Hall–Kier alpha value is -1.10. The van der Waals surface area contributed by atoms with Crippen molar-refractivity contribution in [3.63, 3.8) is 0 Å². The zero-order chi connectivity index (χ0) is 15.4. The van der Waals surface area contributed by atoms with Crippen molar-refractivity contribution < 1.29 is 9.13 Å². The Labute approximate surface area is 137 Å². The largest absolute Gasteiger partial charge is 0.455 e. The second-order valence-electron chi connectivity index (χ2n) is 4.65. The molecule has 112 valence electrons. The molecule has 0 aliphatic carbocycles. The molecule has 0 amide bonds. The fourth-order valence-corrected chi connectivity index (χ4v) is 2.52. The van der Waals surface area contributed by atoms with Gasteiger partial charge in [0.05, 0.1) is 9.50 Å². The topological polar surface area (TPSA) is 21.3 Å². The van der Waals surface area contributed by atoms with Crippen molar-refractivity contribution in [2.75, 3.05) is 6.54 Å². The van der Waals surface area contributed by atoms with Crippen molar-refractivity contribution in [3.8, 4) is 11.5 Å². The molecule has 1 unspecified atom stereocenters. The Bertz CT molecular complexity index is 636. The molecule has 0 saturated carbocycles. The first-order valence-electron chi connectivity index (χ1n) is 6.67. The summed E-state index contributed by atoms with van der Waals surface area (Å²) in [5.74, 6) is 0.529. The summed E-state index contributed by atoms with van der Waals surface area (Å²) in [6.45, 7) is 5.00. The summed E-state index contributed by atoms with van der Waals surface area (Å²) >= 11 is 9.58. The first kappa shape index (κ1) is 16.3. The fraction of sp³-hybridized carbons (Fsp3) is 0.250. The van der Waals surface area contributed by atoms with Crippen molar-refractivity contribution in [2.24, 2.45) is 0 Å². The van der Waals surface area contributed by atoms with Crippen LogP contribution in [0.15, 0.2) is 40.9 Å². The lowest BCUT2D eigenvalue weighted by molar-refractivity contribution is 0.473. The molecule has 0 bridgehead atoms. The summed E-state index contributed by atoms with van der Waals surface area (Å²) in [6.07, 6.45) is 0. The minimum atomic E-state index is -0.360. The van der Waals surface area contributed by atoms with Crippen molar-refractivity contribution in [2.45, 2.75) is 19.9 Å². The maximum atomic E-state index is 13.3. The molecule has 21 heavy (non-hydrogen) atoms. The van der Waals surface area contributed by atoms with E-state index in [0.29, 0.717) is 21.0 Å². The van der Waals surface area contributed by atoms with Gasteiger partial charge < -0.3 is 10.1 Å². The first-order chi connectivity index (χ1) is 10.0. The van der Waals surface area contributed by atoms with Gasteiger partial charge in [-0.05, 0) is 59.2 Å². The molecule has 0 fully saturated rings. The summed E-state index contributed by atoms with van der Waals surface area (Å²) in [4.78, 5) is 0. The number of hydrogen-bond donors (Lipinski definition) is 1. The Morgan fingerprint density at radius 2 is 2.00 bits per heavy atom. The maximum Gasteiger partial charge on any atom is 0.146 e. The summed E-state index contributed by atoms with van der Waals surface area (Å²) in [5, 5.41) is 3.81. The highest BCUT2D eigenvalue weighted by molar-refractivity contribution is 9.10. The van der Waals surface area contributed by atoms with Crippen LogP contribution in [0.25, 0.3) is 0 Å². The third-order valence-electron chi connectivity index (χ3n) is 3.08. The van der Waals surface area contributed by atoms with Crippen LogP contribution in [0.2, 0.25) is 5.02 Å². The van der Waals surface area contributed by atoms with Gasteiger partial charge >= 0.3 is 0 Å². The van der Waals surface area contributed by atoms with Crippen molar-refractivity contribution in [1.29, 1.82) is 0 Å². The average molecular weight is 373 g/mol. The van der Waals surface area contributed by atoms with Crippen molar-refractivity contribution in [3.05, 3.63) is 57.3 Å². The molecule has 0 spiro atoms. The monoisotopic (exact) mass is 371 g/mol. The SMILES string of the molecule is CCNC(C)c1ccc(Oc2cc(F)ccc2Br)c(Cl)c1. The highest BCUT2D eigenvalue weighted by Gasteiger charge is 2.11. The molecule has 0 aromatic heterocycles. The Balaban J connectivity index is 2.23. The van der Waals surface area contributed by atoms with E-state index in [1.807, 2.05) is 12.1 Å². The Morgan fingerprint density at radius 3 is 2.67 bits per heavy atom. The minimum absolute atomic E-state index is 0.211. The van der Waals surface area contributed by atoms with Crippen LogP contribution in [0.1, 0.15) is 25.5 Å². The molecule has 2 aromatic rings. The fourth-order valence-electron chi connectivity index (χ4n) is 1.97. The Morgan fingerprint density at radius 1 is 1.24 bits per heavy atom. The summed E-state index contributed by atoms with van der Waals surface area (Å²) in [7, 11) is 0. The molecule has 0 saturated heterocycles. The van der Waals surface area contributed by atoms with Crippen molar-refractivity contribution >= 4 is 27.5 Å². The minimum Gasteiger partial charge on any atom is -0.455 e. The van der Waals surface area contributed by atoms with Gasteiger partial charge in [0.1, 0.15) is 17.3 Å². The van der Waals surface area contributed by atoms with E-state index in [4.69, 9.17) is 16.3 Å². The smallest absolute Gasteiger partial charge is 0.146 e. The van der Waals surface area contributed by atoms with Gasteiger partial charge in [-0.3, -0.25) is 0 Å². The molecule has 1 atom stereocenters. The van der Waals surface area contributed by atoms with E-state index in [-0.39, 0.29) is 11.9 Å². The summed E-state index contributed by atoms with van der Waals surface area (Å²) in [5.41, 5.74) is 1.08. The predicted octanol–water partition coefficient (Wildman–Crippen LogP) is 5.70. The average Bonchev–Trinajstić information content (AvgIpc) is 2.45. The molecule has 2 aromatic carbocycles. The van der Waals surface area contributed by atoms with Gasteiger partial charge in [0.25, 0.3) is 0 Å². The molecule has 2 rings (SSSR count). The number of hydrogen-bond acceptors (Lipinski definition) is 2. The number of nitrogens with one attached hydrogen (secondary N) is 1. The van der Waals surface area contributed by atoms with Crippen LogP contribution in [-0.2, 0) is 0 Å². The molecular formula is C16H16BrClFNO. The number of rotatable bonds is 5. The second kappa shape index (κ2) is 7.25. The quantitative estimate of drug-likeness (QED) is 0.726. The van der Waals surface area contributed by atoms with E-state index < -0.39 is 0 Å². The zero-order valence-electron chi connectivity index (χ0n) is 11.8. The number of halogens is 3. The highest BCUT2D eigenvalue weighted by atomic mass is 79.9. The van der Waals surface area contributed by atoms with Gasteiger partial charge in [-0.15, -0.1) is 0 Å². The Kier molecular flexibility index (Phi) is 5.62. The van der Waals surface area contributed by atoms with E-state index in [9.17, 15) is 4.39 Å². The molecule has 0 aliphatic heterocycles. The van der Waals surface area contributed by atoms with E-state index >= 15 is 0 Å². The maximum absolute atomic E-state index is 13.3. The molecule has 5 heteroatoms. The lowest BCUT2D eigenvalue weighted by Gasteiger charge is -2.15. The number of benzene rings is 2. The van der Waals surface area contributed by atoms with Crippen LogP contribution in [0.5, 0.6) is 11.5 Å². The third kappa shape index (κ3) is 4.19. The van der Waals surface area contributed by atoms with Crippen LogP contribution in [-0.4, -0.2) is 6.54 Å². The molecule has 2 nitrogen and oxygen atoms in total. The predicted molar refractivity (Wildman–Crippen MR) is 87.7 cm³/mol. The van der Waals surface area contributed by atoms with Crippen LogP contribution in [0, 0.1) is 5.82 Å². The molecule has 0 radical (unpaired) electrons. The van der Waals surface area contributed by atoms with Gasteiger partial charge in [-0.25, -0.2) is 4.39 Å². The molecule has 1 N–H and O–H groups in total. The standard InChI is InChI=1S/C16H16BrClFNO/c1-3-20-10(2)11-4-7-15(14(18)8-11)21-16-9-12(19)5-6-13(16)17/h4-10,20H,3H2,1-2H3. The van der Waals surface area contributed by atoms with Crippen molar-refractivity contribution in [1.82, 2.24) is 5.32 Å². The highest BCUT2D eigenvalue weighted by Crippen LogP contribution is 2.35. The third-order valence-corrected chi connectivity index (χ3v) is 4.03. The molecule has 0 aliphatic rings. The lowest BCUT2D eigenvalue weighted by atomic mass is 10.1. The van der Waals surface area contributed by atoms with Crippen LogP contribution in [0.3, 0.4) is 0 Å². The van der Waals surface area contributed by atoms with E-state index in [1.165, 1.54) is 12.1 Å².